The van der Waals surface area contributed by atoms with Crippen LogP contribution in [-0.2, 0) is 10.9 Å². The lowest BCUT2D eigenvalue weighted by molar-refractivity contribution is -0.141. The molecule has 0 saturated carbocycles. The molecule has 0 radical (unpaired) electrons. The third kappa shape index (κ3) is 4.92. The van der Waals surface area contributed by atoms with Gasteiger partial charge < -0.3 is 15.4 Å². The first-order valence-corrected chi connectivity index (χ1v) is 9.02. The maximum absolute atomic E-state index is 13.2. The lowest BCUT2D eigenvalue weighted by Crippen LogP contribution is -2.34. The van der Waals surface area contributed by atoms with E-state index in [1.165, 1.54) is 18.1 Å². The van der Waals surface area contributed by atoms with Gasteiger partial charge in [-0.1, -0.05) is 17.7 Å². The molecule has 0 aliphatic heterocycles. The van der Waals surface area contributed by atoms with E-state index in [2.05, 4.69) is 24.9 Å². The smallest absolute Gasteiger partial charge is 0.383 e. The van der Waals surface area contributed by atoms with E-state index in [0.717, 1.165) is 12.3 Å². The molecule has 0 fully saturated rings. The van der Waals surface area contributed by atoms with Crippen LogP contribution in [0.5, 0.6) is 0 Å². The first-order valence-electron chi connectivity index (χ1n) is 8.65. The van der Waals surface area contributed by atoms with Crippen LogP contribution in [0.1, 0.15) is 12.6 Å². The predicted octanol–water partition coefficient (Wildman–Crippen LogP) is 3.76. The lowest BCUT2D eigenvalue weighted by atomic mass is 10.2. The molecule has 3 heterocycles. The van der Waals surface area contributed by atoms with Gasteiger partial charge in [0.05, 0.1) is 12.6 Å². The van der Waals surface area contributed by atoms with Crippen molar-refractivity contribution < 1.29 is 17.9 Å². The zero-order chi connectivity index (χ0) is 21.9. The highest BCUT2D eigenvalue weighted by atomic mass is 35.5. The molecule has 30 heavy (non-hydrogen) atoms. The van der Waals surface area contributed by atoms with Gasteiger partial charge in [0.25, 0.3) is 0 Å². The summed E-state index contributed by atoms with van der Waals surface area (Å²) >= 11 is 5.93. The highest BCUT2D eigenvalue weighted by Gasteiger charge is 2.33. The van der Waals surface area contributed by atoms with E-state index in [-0.39, 0.29) is 35.2 Å². The number of hydrogen-bond donors (Lipinski definition) is 1. The number of nitrogen functional groups attached to an aromatic ring is 1. The van der Waals surface area contributed by atoms with Crippen LogP contribution in [0.2, 0.25) is 5.15 Å². The molecule has 0 spiro atoms. The Balaban J connectivity index is 2.14. The van der Waals surface area contributed by atoms with Crippen molar-refractivity contribution in [1.82, 2.24) is 24.9 Å². The van der Waals surface area contributed by atoms with Crippen LogP contribution in [0.15, 0.2) is 36.5 Å². The van der Waals surface area contributed by atoms with Crippen molar-refractivity contribution in [2.75, 3.05) is 24.4 Å². The van der Waals surface area contributed by atoms with Gasteiger partial charge in [-0.05, 0) is 31.2 Å². The van der Waals surface area contributed by atoms with Gasteiger partial charge in [0.15, 0.2) is 5.82 Å². The summed E-state index contributed by atoms with van der Waals surface area (Å²) in [5.74, 6) is 0.0272. The van der Waals surface area contributed by atoms with Gasteiger partial charge in [-0.2, -0.15) is 28.1 Å². The second kappa shape index (κ2) is 8.76. The molecule has 0 aliphatic carbocycles. The normalized spacial score (nSPS) is 12.6. The van der Waals surface area contributed by atoms with Gasteiger partial charge in [-0.3, -0.25) is 4.98 Å². The van der Waals surface area contributed by atoms with Gasteiger partial charge in [0.2, 0.25) is 11.9 Å². The summed E-state index contributed by atoms with van der Waals surface area (Å²) in [5.41, 5.74) is 5.30. The van der Waals surface area contributed by atoms with Gasteiger partial charge >= 0.3 is 6.18 Å². The minimum Gasteiger partial charge on any atom is -0.383 e. The molecule has 0 aliphatic rings. The number of aromatic nitrogens is 5. The Bertz CT molecular complexity index is 1030. The van der Waals surface area contributed by atoms with Crippen LogP contribution in [0.4, 0.5) is 30.8 Å². The quantitative estimate of drug-likeness (QED) is 0.579. The molecule has 1 unspecified atom stereocenters. The summed E-state index contributed by atoms with van der Waals surface area (Å²) in [6.45, 7) is 1.93. The largest absolute Gasteiger partial charge is 0.433 e. The molecule has 0 bridgehead atoms. The van der Waals surface area contributed by atoms with E-state index in [1.54, 1.807) is 25.1 Å². The van der Waals surface area contributed by atoms with Crippen LogP contribution in [-0.4, -0.2) is 44.7 Å². The van der Waals surface area contributed by atoms with Gasteiger partial charge in [0.1, 0.15) is 16.5 Å². The Morgan fingerprint density at radius 2 is 1.93 bits per heavy atom. The average Bonchev–Trinajstić information content (AvgIpc) is 2.67. The number of anilines is 3. The van der Waals surface area contributed by atoms with Gasteiger partial charge in [-0.15, -0.1) is 0 Å². The highest BCUT2D eigenvalue weighted by molar-refractivity contribution is 6.29. The molecule has 0 aromatic carbocycles. The van der Waals surface area contributed by atoms with Crippen molar-refractivity contribution >= 4 is 29.2 Å². The zero-order valence-corrected chi connectivity index (χ0v) is 16.7. The summed E-state index contributed by atoms with van der Waals surface area (Å²) in [7, 11) is 1.48. The average molecular weight is 440 g/mol. The second-order valence-corrected chi connectivity index (χ2v) is 6.62. The number of nitrogens with two attached hydrogens (primary N) is 1. The monoisotopic (exact) mass is 439 g/mol. The molecular weight excluding hydrogens is 423 g/mol. The number of rotatable bonds is 6. The number of hydrogen-bond acceptors (Lipinski definition) is 8. The van der Waals surface area contributed by atoms with Crippen molar-refractivity contribution in [2.24, 2.45) is 0 Å². The number of pyridine rings is 2. The molecule has 1 atom stereocenters. The Hall–Kier alpha value is -3.05. The van der Waals surface area contributed by atoms with E-state index in [4.69, 9.17) is 22.1 Å². The molecule has 3 rings (SSSR count). The predicted molar refractivity (Wildman–Crippen MR) is 105 cm³/mol. The van der Waals surface area contributed by atoms with E-state index < -0.39 is 17.9 Å². The molecule has 8 nitrogen and oxygen atoms in total. The van der Waals surface area contributed by atoms with Crippen molar-refractivity contribution in [3.8, 4) is 11.5 Å². The summed E-state index contributed by atoms with van der Waals surface area (Å²) in [4.78, 5) is 21.6. The van der Waals surface area contributed by atoms with Crippen LogP contribution in [0, 0.1) is 0 Å². The number of halogens is 4. The Labute approximate surface area is 174 Å². The summed E-state index contributed by atoms with van der Waals surface area (Å²) in [5, 5.41) is 0.224. The van der Waals surface area contributed by atoms with Crippen molar-refractivity contribution in [1.29, 1.82) is 0 Å². The molecule has 3 aromatic heterocycles. The lowest BCUT2D eigenvalue weighted by Gasteiger charge is -2.29. The van der Waals surface area contributed by atoms with E-state index in [1.807, 2.05) is 0 Å². The number of alkyl halides is 3. The third-order valence-corrected chi connectivity index (χ3v) is 4.17. The molecule has 0 amide bonds. The third-order valence-electron chi connectivity index (χ3n) is 3.96. The minimum absolute atomic E-state index is 0.0307. The van der Waals surface area contributed by atoms with Crippen LogP contribution >= 0.6 is 11.6 Å². The molecule has 158 valence electrons. The fourth-order valence-corrected chi connectivity index (χ4v) is 2.91. The number of nitrogens with zero attached hydrogens (tertiary/aromatic N) is 6. The number of ether oxygens (including phenoxy) is 1. The van der Waals surface area contributed by atoms with Crippen LogP contribution < -0.4 is 10.6 Å². The fourth-order valence-electron chi connectivity index (χ4n) is 2.74. The van der Waals surface area contributed by atoms with E-state index in [0.29, 0.717) is 5.69 Å². The van der Waals surface area contributed by atoms with E-state index >= 15 is 0 Å². The van der Waals surface area contributed by atoms with Crippen molar-refractivity contribution in [2.45, 2.75) is 19.1 Å². The first-order chi connectivity index (χ1) is 14.2. The molecule has 0 saturated heterocycles. The maximum atomic E-state index is 13.2. The van der Waals surface area contributed by atoms with Gasteiger partial charge in [0, 0.05) is 19.0 Å². The maximum Gasteiger partial charge on any atom is 0.433 e. The minimum atomic E-state index is -4.61. The molecule has 12 heteroatoms. The first kappa shape index (κ1) is 21.7. The highest BCUT2D eigenvalue weighted by Crippen LogP contribution is 2.33. The molecule has 3 aromatic rings. The zero-order valence-electron chi connectivity index (χ0n) is 15.9. The summed E-state index contributed by atoms with van der Waals surface area (Å²) in [6, 6.07) is 6.75. The Morgan fingerprint density at radius 1 is 1.17 bits per heavy atom. The number of methoxy groups -OCH3 is 1. The SMILES string of the molecule is COCC(C)N(c1ccnc(C(F)(F)F)c1)c1nc(N)nc(-c2cccc(Cl)n2)n1. The van der Waals surface area contributed by atoms with Crippen LogP contribution in [0.3, 0.4) is 0 Å². The Morgan fingerprint density at radius 3 is 2.60 bits per heavy atom. The molecular formula is C18H17ClF3N7O. The van der Waals surface area contributed by atoms with Crippen molar-refractivity contribution in [3.63, 3.8) is 0 Å². The Kier molecular flexibility index (Phi) is 6.32. The summed E-state index contributed by atoms with van der Waals surface area (Å²) < 4.78 is 44.7. The topological polar surface area (TPSA) is 103 Å². The second-order valence-electron chi connectivity index (χ2n) is 6.23. The van der Waals surface area contributed by atoms with E-state index in [9.17, 15) is 13.2 Å². The summed E-state index contributed by atoms with van der Waals surface area (Å²) in [6.07, 6.45) is -3.55. The van der Waals surface area contributed by atoms with Crippen LogP contribution in [0.25, 0.3) is 11.5 Å². The fraction of sp³-hybridized carbons (Fsp3) is 0.278. The van der Waals surface area contributed by atoms with Gasteiger partial charge in [-0.25, -0.2) is 4.98 Å². The molecule has 2 N–H and O–H groups in total. The van der Waals surface area contributed by atoms with Crippen molar-refractivity contribution in [3.05, 3.63) is 47.4 Å². The standard InChI is InChI=1S/C18H17ClF3N7O/c1-10(9-30-2)29(11-6-7-24-13(8-11)18(20,21)22)17-27-15(26-16(23)28-17)12-4-3-5-14(19)25-12/h3-8,10H,9H2,1-2H3,(H2,23,26,27,28).